The van der Waals surface area contributed by atoms with E-state index in [1.165, 1.54) is 93.9 Å². The molecule has 0 spiro atoms. The molecule has 1 aromatic heterocycles. The van der Waals surface area contributed by atoms with Crippen LogP contribution in [0.25, 0.3) is 66.1 Å². The van der Waals surface area contributed by atoms with Crippen molar-refractivity contribution in [1.29, 1.82) is 0 Å². The molecule has 0 aliphatic heterocycles. The van der Waals surface area contributed by atoms with Gasteiger partial charge in [0.25, 0.3) is 0 Å². The van der Waals surface area contributed by atoms with Gasteiger partial charge in [-0.3, -0.25) is 0 Å². The Labute approximate surface area is 334 Å². The summed E-state index contributed by atoms with van der Waals surface area (Å²) in [5, 5.41) is 5.08. The van der Waals surface area contributed by atoms with Crippen molar-refractivity contribution < 1.29 is 0 Å². The molecular weight excluding hydrogens is 687 g/mol. The average molecular weight is 728 g/mol. The number of fused-ring (bicyclic) bond motifs is 7. The van der Waals surface area contributed by atoms with E-state index in [1.54, 1.807) is 0 Å². The van der Waals surface area contributed by atoms with E-state index in [2.05, 4.69) is 211 Å². The smallest absolute Gasteiger partial charge is 0.0541 e. The lowest BCUT2D eigenvalue weighted by Crippen LogP contribution is -2.17. The molecule has 0 bridgehead atoms. The average Bonchev–Trinajstić information content (AvgIpc) is 3.76. The van der Waals surface area contributed by atoms with Crippen LogP contribution in [-0.4, -0.2) is 4.57 Å². The minimum Gasteiger partial charge on any atom is -0.309 e. The molecule has 9 aromatic rings. The number of para-hydroxylation sites is 1. The summed E-state index contributed by atoms with van der Waals surface area (Å²) in [6.07, 6.45) is 6.86. The van der Waals surface area contributed by atoms with E-state index in [4.69, 9.17) is 0 Å². The predicted octanol–water partition coefficient (Wildman–Crippen LogP) is 14.5. The van der Waals surface area contributed by atoms with Crippen molar-refractivity contribution in [2.45, 2.75) is 18.8 Å². The fourth-order valence-corrected chi connectivity index (χ4v) is 9.74. The van der Waals surface area contributed by atoms with Crippen LogP contribution >= 0.6 is 0 Å². The number of hydrogen-bond acceptors (Lipinski definition) is 0. The lowest BCUT2D eigenvalue weighted by molar-refractivity contribution is 0.512. The normalized spacial score (nSPS) is 15.4. The molecule has 1 heteroatoms. The molecule has 0 amide bonds. The topological polar surface area (TPSA) is 4.93 Å². The lowest BCUT2D eigenvalue weighted by atomic mass is 9.73. The Morgan fingerprint density at radius 3 is 2.04 bits per heavy atom. The second-order valence-electron chi connectivity index (χ2n) is 15.7. The fourth-order valence-electron chi connectivity index (χ4n) is 9.74. The zero-order chi connectivity index (χ0) is 37.9. The molecular formula is C56H41N. The largest absolute Gasteiger partial charge is 0.309 e. The van der Waals surface area contributed by atoms with Gasteiger partial charge in [-0.2, -0.15) is 0 Å². The molecule has 0 saturated heterocycles. The van der Waals surface area contributed by atoms with Crippen LogP contribution in [0, 0.1) is 5.92 Å². The van der Waals surface area contributed by atoms with Crippen LogP contribution in [0.5, 0.6) is 0 Å². The summed E-state index contributed by atoms with van der Waals surface area (Å²) < 4.78 is 2.46. The van der Waals surface area contributed by atoms with Gasteiger partial charge >= 0.3 is 0 Å². The molecule has 2 aliphatic carbocycles. The predicted molar refractivity (Wildman–Crippen MR) is 242 cm³/mol. The van der Waals surface area contributed by atoms with E-state index in [1.807, 2.05) is 0 Å². The highest BCUT2D eigenvalue weighted by Crippen LogP contribution is 2.47. The van der Waals surface area contributed by atoms with Gasteiger partial charge in [0.2, 0.25) is 0 Å². The summed E-state index contributed by atoms with van der Waals surface area (Å²) in [5.74, 6) is 0.491. The van der Waals surface area contributed by atoms with Crippen LogP contribution in [0.4, 0.5) is 0 Å². The van der Waals surface area contributed by atoms with Gasteiger partial charge in [-0.05, 0) is 116 Å². The highest BCUT2D eigenvalue weighted by molar-refractivity contribution is 6.11. The van der Waals surface area contributed by atoms with Crippen LogP contribution in [0.1, 0.15) is 45.7 Å². The summed E-state index contributed by atoms with van der Waals surface area (Å²) in [7, 11) is 0. The maximum atomic E-state index is 4.62. The third-order valence-corrected chi connectivity index (χ3v) is 12.5. The third-order valence-electron chi connectivity index (χ3n) is 12.5. The van der Waals surface area contributed by atoms with Crippen LogP contribution in [0.15, 0.2) is 207 Å². The molecule has 1 heterocycles. The van der Waals surface area contributed by atoms with E-state index in [-0.39, 0.29) is 11.8 Å². The van der Waals surface area contributed by atoms with Crippen molar-refractivity contribution in [2.75, 3.05) is 0 Å². The van der Waals surface area contributed by atoms with Gasteiger partial charge in [0.05, 0.1) is 16.7 Å². The number of hydrogen-bond donors (Lipinski definition) is 0. The molecule has 0 fully saturated rings. The van der Waals surface area contributed by atoms with E-state index in [9.17, 15) is 0 Å². The van der Waals surface area contributed by atoms with Crippen LogP contribution in [-0.2, 0) is 6.42 Å². The molecule has 0 radical (unpaired) electrons. The zero-order valence-corrected chi connectivity index (χ0v) is 31.8. The maximum absolute atomic E-state index is 4.62. The van der Waals surface area contributed by atoms with Crippen molar-refractivity contribution >= 4 is 49.3 Å². The van der Waals surface area contributed by atoms with E-state index in [0.717, 1.165) is 18.4 Å². The SMILES string of the molecule is C=C1c2ccccc2-c2ccc(C(Cc3ccc4c(c3)c3ccccc3n4-c3cccc4ccccc34)C3C=C(c4ccccc4)C=C(c4ccccc4)C3)cc21. The van der Waals surface area contributed by atoms with Crippen molar-refractivity contribution in [3.05, 3.63) is 240 Å². The van der Waals surface area contributed by atoms with Gasteiger partial charge in [0.1, 0.15) is 0 Å². The monoisotopic (exact) mass is 727 g/mol. The van der Waals surface area contributed by atoms with Gasteiger partial charge in [0.15, 0.2) is 0 Å². The van der Waals surface area contributed by atoms with E-state index >= 15 is 0 Å². The number of allylic oxidation sites excluding steroid dienone is 4. The van der Waals surface area contributed by atoms with E-state index in [0.29, 0.717) is 0 Å². The standard InChI is InChI=1S/C56H41N/c1-37-46-21-10-11-23-48(46)49-29-28-42(36-51(37)49)52(45-34-43(39-15-4-2-5-16-39)33-44(35-45)40-17-6-3-7-18-40)31-38-27-30-56-53(32-38)50-24-12-13-25-55(50)57(56)54-26-14-20-41-19-8-9-22-47(41)54/h2-30,32-34,36,45,52H,1,31,35H2. The Morgan fingerprint density at radius 2 is 1.19 bits per heavy atom. The van der Waals surface area contributed by atoms with E-state index < -0.39 is 0 Å². The second-order valence-corrected chi connectivity index (χ2v) is 15.7. The molecule has 0 N–H and O–H groups in total. The summed E-state index contributed by atoms with van der Waals surface area (Å²) in [6, 6.07) is 69.3. The Morgan fingerprint density at radius 1 is 0.526 bits per heavy atom. The van der Waals surface area contributed by atoms with Crippen LogP contribution in [0.2, 0.25) is 0 Å². The van der Waals surface area contributed by atoms with Crippen molar-refractivity contribution in [2.24, 2.45) is 5.92 Å². The first-order valence-electron chi connectivity index (χ1n) is 20.1. The maximum Gasteiger partial charge on any atom is 0.0541 e. The third kappa shape index (κ3) is 5.69. The van der Waals surface area contributed by atoms with Crippen molar-refractivity contribution in [3.8, 4) is 16.8 Å². The first-order chi connectivity index (χ1) is 28.2. The molecule has 8 aromatic carbocycles. The summed E-state index contributed by atoms with van der Waals surface area (Å²) in [4.78, 5) is 0. The molecule has 1 nitrogen and oxygen atoms in total. The minimum absolute atomic E-state index is 0.224. The Bertz CT molecular complexity index is 3080. The number of nitrogens with zero attached hydrogens (tertiary/aromatic N) is 1. The van der Waals surface area contributed by atoms with Crippen molar-refractivity contribution in [1.82, 2.24) is 4.57 Å². The van der Waals surface area contributed by atoms with Gasteiger partial charge in [-0.1, -0.05) is 183 Å². The lowest BCUT2D eigenvalue weighted by Gasteiger charge is -2.31. The highest BCUT2D eigenvalue weighted by Gasteiger charge is 2.30. The molecule has 11 rings (SSSR count). The zero-order valence-electron chi connectivity index (χ0n) is 31.8. The fraction of sp³-hybridized carbons (Fsp3) is 0.0714. The number of benzene rings is 8. The summed E-state index contributed by atoms with van der Waals surface area (Å²) in [5.41, 5.74) is 17.8. The molecule has 2 aliphatic rings. The molecule has 0 saturated carbocycles. The summed E-state index contributed by atoms with van der Waals surface area (Å²) in [6.45, 7) is 4.62. The minimum atomic E-state index is 0.224. The van der Waals surface area contributed by atoms with Crippen LogP contribution in [0.3, 0.4) is 0 Å². The Hall–Kier alpha value is -6.96. The molecule has 2 unspecified atom stereocenters. The van der Waals surface area contributed by atoms with Crippen LogP contribution < -0.4 is 0 Å². The highest BCUT2D eigenvalue weighted by atomic mass is 15.0. The molecule has 2 atom stereocenters. The summed E-state index contributed by atoms with van der Waals surface area (Å²) >= 11 is 0. The number of aromatic nitrogens is 1. The Balaban J connectivity index is 1.07. The number of rotatable bonds is 7. The van der Waals surface area contributed by atoms with Gasteiger partial charge in [-0.25, -0.2) is 0 Å². The van der Waals surface area contributed by atoms with Gasteiger partial charge in [0, 0.05) is 16.2 Å². The quantitative estimate of drug-likeness (QED) is 0.154. The Kier molecular flexibility index (Phi) is 8.00. The van der Waals surface area contributed by atoms with Crippen molar-refractivity contribution in [3.63, 3.8) is 0 Å². The second kappa shape index (κ2) is 13.7. The first kappa shape index (κ1) is 33.4. The van der Waals surface area contributed by atoms with Gasteiger partial charge in [-0.15, -0.1) is 0 Å². The molecule has 270 valence electrons. The molecule has 57 heavy (non-hydrogen) atoms. The first-order valence-corrected chi connectivity index (χ1v) is 20.1. The van der Waals surface area contributed by atoms with Gasteiger partial charge < -0.3 is 4.57 Å².